The molecule has 76 valence electrons. The van der Waals surface area contributed by atoms with E-state index in [2.05, 4.69) is 24.4 Å². The molecule has 0 aliphatic carbocycles. The fourth-order valence-electron chi connectivity index (χ4n) is 1.84. The molecule has 0 aromatic carbocycles. The van der Waals surface area contributed by atoms with E-state index < -0.39 is 0 Å². The highest BCUT2D eigenvalue weighted by atomic mass is 16.5. The minimum Gasteiger partial charge on any atom is -0.378 e. The van der Waals surface area contributed by atoms with Crippen LogP contribution >= 0.6 is 0 Å². The summed E-state index contributed by atoms with van der Waals surface area (Å²) in [6.07, 6.45) is 8.95. The average molecular weight is 183 g/mol. The van der Waals surface area contributed by atoms with Gasteiger partial charge in [-0.25, -0.2) is 0 Å². The van der Waals surface area contributed by atoms with Crippen molar-refractivity contribution in [2.24, 2.45) is 0 Å². The first kappa shape index (κ1) is 10.7. The molecular weight excluding hydrogens is 162 g/mol. The molecule has 1 heterocycles. The van der Waals surface area contributed by atoms with Crippen LogP contribution in [0, 0.1) is 0 Å². The summed E-state index contributed by atoms with van der Waals surface area (Å²) < 4.78 is 5.63. The number of nitrogens with one attached hydrogen (secondary N) is 1. The summed E-state index contributed by atoms with van der Waals surface area (Å²) in [5.41, 5.74) is 0.122. The molecule has 1 saturated heterocycles. The Bertz CT molecular complexity index is 159. The summed E-state index contributed by atoms with van der Waals surface area (Å²) >= 11 is 0. The first-order valence-corrected chi connectivity index (χ1v) is 5.24. The fraction of sp³-hybridized carbons (Fsp3) is 0.818. The van der Waals surface area contributed by atoms with Gasteiger partial charge in [-0.15, -0.1) is 0 Å². The first-order valence-electron chi connectivity index (χ1n) is 5.24. The topological polar surface area (TPSA) is 21.3 Å². The van der Waals surface area contributed by atoms with Gasteiger partial charge >= 0.3 is 0 Å². The van der Waals surface area contributed by atoms with E-state index in [0.717, 1.165) is 38.8 Å². The van der Waals surface area contributed by atoms with Crippen LogP contribution < -0.4 is 5.32 Å². The monoisotopic (exact) mass is 183 g/mol. The third-order valence-corrected chi connectivity index (χ3v) is 2.84. The summed E-state index contributed by atoms with van der Waals surface area (Å²) in [5, 5.41) is 3.36. The Morgan fingerprint density at radius 1 is 1.31 bits per heavy atom. The third-order valence-electron chi connectivity index (χ3n) is 2.84. The van der Waals surface area contributed by atoms with Crippen LogP contribution in [-0.2, 0) is 4.74 Å². The molecule has 1 N–H and O–H groups in total. The van der Waals surface area contributed by atoms with E-state index in [1.807, 2.05) is 7.11 Å². The molecule has 0 spiro atoms. The van der Waals surface area contributed by atoms with Crippen molar-refractivity contribution in [1.29, 1.82) is 0 Å². The molecule has 2 nitrogen and oxygen atoms in total. The number of piperidine rings is 1. The quantitative estimate of drug-likeness (QED) is 0.674. The van der Waals surface area contributed by atoms with Gasteiger partial charge in [0, 0.05) is 7.11 Å². The van der Waals surface area contributed by atoms with Gasteiger partial charge < -0.3 is 10.1 Å². The van der Waals surface area contributed by atoms with Crippen LogP contribution in [0.2, 0.25) is 0 Å². The van der Waals surface area contributed by atoms with Crippen molar-refractivity contribution in [2.75, 3.05) is 20.2 Å². The Balaban J connectivity index is 2.42. The minimum absolute atomic E-state index is 0.122. The van der Waals surface area contributed by atoms with Crippen LogP contribution in [-0.4, -0.2) is 25.8 Å². The molecule has 0 radical (unpaired) electrons. The number of hydrogen-bond acceptors (Lipinski definition) is 2. The lowest BCUT2D eigenvalue weighted by Gasteiger charge is -2.35. The number of allylic oxidation sites excluding steroid dienone is 1. The van der Waals surface area contributed by atoms with Gasteiger partial charge in [0.05, 0.1) is 5.60 Å². The number of ether oxygens (including phenoxy) is 1. The van der Waals surface area contributed by atoms with Crippen molar-refractivity contribution in [3.05, 3.63) is 12.2 Å². The van der Waals surface area contributed by atoms with Crippen LogP contribution in [0.15, 0.2) is 12.2 Å². The average Bonchev–Trinajstić information content (AvgIpc) is 2.20. The van der Waals surface area contributed by atoms with E-state index in [-0.39, 0.29) is 5.60 Å². The summed E-state index contributed by atoms with van der Waals surface area (Å²) in [5.74, 6) is 0. The molecule has 1 aliphatic heterocycles. The van der Waals surface area contributed by atoms with Crippen molar-refractivity contribution in [1.82, 2.24) is 5.32 Å². The van der Waals surface area contributed by atoms with Gasteiger partial charge in [0.15, 0.2) is 0 Å². The lowest BCUT2D eigenvalue weighted by molar-refractivity contribution is -0.0312. The standard InChI is InChI=1S/C11H21NO/c1-3-4-5-6-11(13-2)7-9-12-10-8-11/h4-5,12H,3,6-10H2,1-2H3/b5-4+. The Hall–Kier alpha value is -0.340. The van der Waals surface area contributed by atoms with Crippen LogP contribution in [0.4, 0.5) is 0 Å². The number of hydrogen-bond donors (Lipinski definition) is 1. The molecule has 2 heteroatoms. The molecule has 1 aliphatic rings. The normalized spacial score (nSPS) is 22.3. The molecule has 0 amide bonds. The lowest BCUT2D eigenvalue weighted by Crippen LogP contribution is -2.43. The first-order chi connectivity index (χ1) is 6.33. The molecule has 0 atom stereocenters. The third kappa shape index (κ3) is 3.12. The SMILES string of the molecule is CC/C=C/CC1(OC)CCNCC1. The van der Waals surface area contributed by atoms with E-state index in [1.54, 1.807) is 0 Å². The van der Waals surface area contributed by atoms with Crippen LogP contribution in [0.25, 0.3) is 0 Å². The van der Waals surface area contributed by atoms with Gasteiger partial charge in [-0.2, -0.15) is 0 Å². The number of methoxy groups -OCH3 is 1. The molecular formula is C11H21NO. The molecule has 0 saturated carbocycles. The Kier molecular flexibility index (Phi) is 4.46. The van der Waals surface area contributed by atoms with Gasteiger partial charge in [-0.05, 0) is 38.8 Å². The van der Waals surface area contributed by atoms with E-state index in [9.17, 15) is 0 Å². The van der Waals surface area contributed by atoms with Crippen molar-refractivity contribution in [3.8, 4) is 0 Å². The van der Waals surface area contributed by atoms with E-state index in [0.29, 0.717) is 0 Å². The van der Waals surface area contributed by atoms with Gasteiger partial charge in [0.25, 0.3) is 0 Å². The second kappa shape index (κ2) is 5.40. The van der Waals surface area contributed by atoms with Crippen LogP contribution in [0.3, 0.4) is 0 Å². The second-order valence-corrected chi connectivity index (χ2v) is 3.72. The smallest absolute Gasteiger partial charge is 0.0737 e. The molecule has 0 aromatic heterocycles. The van der Waals surface area contributed by atoms with Gasteiger partial charge in [-0.3, -0.25) is 0 Å². The minimum atomic E-state index is 0.122. The predicted molar refractivity (Wildman–Crippen MR) is 55.9 cm³/mol. The van der Waals surface area contributed by atoms with Crippen molar-refractivity contribution < 1.29 is 4.74 Å². The Morgan fingerprint density at radius 3 is 2.54 bits per heavy atom. The Labute approximate surface area is 81.4 Å². The summed E-state index contributed by atoms with van der Waals surface area (Å²) in [4.78, 5) is 0. The maximum absolute atomic E-state index is 5.63. The van der Waals surface area contributed by atoms with E-state index in [1.165, 1.54) is 0 Å². The zero-order valence-electron chi connectivity index (χ0n) is 8.81. The molecule has 1 rings (SSSR count). The zero-order chi connectivity index (χ0) is 9.57. The highest BCUT2D eigenvalue weighted by Crippen LogP contribution is 2.26. The highest BCUT2D eigenvalue weighted by Gasteiger charge is 2.29. The zero-order valence-corrected chi connectivity index (χ0v) is 8.81. The van der Waals surface area contributed by atoms with E-state index in [4.69, 9.17) is 4.74 Å². The van der Waals surface area contributed by atoms with E-state index >= 15 is 0 Å². The van der Waals surface area contributed by atoms with Gasteiger partial charge in [0.2, 0.25) is 0 Å². The van der Waals surface area contributed by atoms with Gasteiger partial charge in [0.1, 0.15) is 0 Å². The van der Waals surface area contributed by atoms with Crippen LogP contribution in [0.1, 0.15) is 32.6 Å². The van der Waals surface area contributed by atoms with Crippen molar-refractivity contribution >= 4 is 0 Å². The lowest BCUT2D eigenvalue weighted by atomic mass is 9.88. The maximum atomic E-state index is 5.63. The fourth-order valence-corrected chi connectivity index (χ4v) is 1.84. The molecule has 0 unspecified atom stereocenters. The summed E-state index contributed by atoms with van der Waals surface area (Å²) in [6, 6.07) is 0. The molecule has 1 fully saturated rings. The molecule has 13 heavy (non-hydrogen) atoms. The maximum Gasteiger partial charge on any atom is 0.0737 e. The number of rotatable bonds is 4. The summed E-state index contributed by atoms with van der Waals surface area (Å²) in [7, 11) is 1.84. The largest absolute Gasteiger partial charge is 0.378 e. The summed E-state index contributed by atoms with van der Waals surface area (Å²) in [6.45, 7) is 4.35. The second-order valence-electron chi connectivity index (χ2n) is 3.72. The predicted octanol–water partition coefficient (Wildman–Crippen LogP) is 2.11. The molecule has 0 aromatic rings. The van der Waals surface area contributed by atoms with Gasteiger partial charge in [-0.1, -0.05) is 19.1 Å². The van der Waals surface area contributed by atoms with Crippen molar-refractivity contribution in [2.45, 2.75) is 38.2 Å². The van der Waals surface area contributed by atoms with Crippen molar-refractivity contribution in [3.63, 3.8) is 0 Å². The molecule has 0 bridgehead atoms. The van der Waals surface area contributed by atoms with Crippen LogP contribution in [0.5, 0.6) is 0 Å². The highest BCUT2D eigenvalue weighted by molar-refractivity contribution is 4.94. The Morgan fingerprint density at radius 2 is 2.00 bits per heavy atom.